The Morgan fingerprint density at radius 1 is 0.853 bits per heavy atom. The van der Waals surface area contributed by atoms with Crippen molar-refractivity contribution in [1.29, 1.82) is 0 Å². The number of aryl methyl sites for hydroxylation is 2. The van der Waals surface area contributed by atoms with Crippen molar-refractivity contribution in [3.8, 4) is 0 Å². The van der Waals surface area contributed by atoms with Crippen molar-refractivity contribution in [3.63, 3.8) is 0 Å². The minimum atomic E-state index is -0.699. The molecule has 0 aliphatic carbocycles. The summed E-state index contributed by atoms with van der Waals surface area (Å²) in [6.45, 7) is 2.26. The standard InChI is InChI=1S/C28H30Cl2N2O2/c1-3-20-12-14-21(15-13-20)16-17-27(33)32(19-23-24(29)10-7-11-25(23)30)26(28(34)31-2)18-22-8-5-4-6-9-22/h4-15,26H,3,16-19H2,1-2H3,(H,31,34)/t26-/m0/s1. The molecule has 0 aliphatic heterocycles. The van der Waals surface area contributed by atoms with Gasteiger partial charge in [0.15, 0.2) is 0 Å². The molecule has 0 radical (unpaired) electrons. The number of benzene rings is 3. The number of likely N-dealkylation sites (N-methyl/N-ethyl adjacent to an activating group) is 1. The second-order valence-electron chi connectivity index (χ2n) is 8.21. The third-order valence-corrected chi connectivity index (χ3v) is 6.67. The average Bonchev–Trinajstić information content (AvgIpc) is 2.86. The summed E-state index contributed by atoms with van der Waals surface area (Å²) < 4.78 is 0. The average molecular weight is 497 g/mol. The summed E-state index contributed by atoms with van der Waals surface area (Å²) >= 11 is 12.9. The van der Waals surface area contributed by atoms with Crippen molar-refractivity contribution in [1.82, 2.24) is 10.2 Å². The lowest BCUT2D eigenvalue weighted by Crippen LogP contribution is -2.49. The molecule has 0 bridgehead atoms. The molecule has 1 N–H and O–H groups in total. The zero-order valence-electron chi connectivity index (χ0n) is 19.6. The highest BCUT2D eigenvalue weighted by atomic mass is 35.5. The van der Waals surface area contributed by atoms with Crippen LogP contribution in [-0.4, -0.2) is 29.8 Å². The van der Waals surface area contributed by atoms with Gasteiger partial charge in [0.25, 0.3) is 0 Å². The Labute approximate surface area is 211 Å². The molecule has 0 aliphatic rings. The van der Waals surface area contributed by atoms with Crippen LogP contribution in [0.5, 0.6) is 0 Å². The molecule has 1 atom stereocenters. The van der Waals surface area contributed by atoms with E-state index in [1.807, 2.05) is 30.3 Å². The minimum Gasteiger partial charge on any atom is -0.357 e. The first-order valence-corrected chi connectivity index (χ1v) is 12.2. The number of halogens is 2. The SMILES string of the molecule is CCc1ccc(CCC(=O)N(Cc2c(Cl)cccc2Cl)[C@@H](Cc2ccccc2)C(=O)NC)cc1. The van der Waals surface area contributed by atoms with Crippen molar-refractivity contribution in [2.45, 2.75) is 45.2 Å². The predicted molar refractivity (Wildman–Crippen MR) is 139 cm³/mol. The molecule has 2 amide bonds. The first kappa shape index (κ1) is 25.8. The second kappa shape index (κ2) is 12.6. The van der Waals surface area contributed by atoms with Crippen LogP contribution in [0.1, 0.15) is 35.6 Å². The highest BCUT2D eigenvalue weighted by molar-refractivity contribution is 6.36. The zero-order chi connectivity index (χ0) is 24.5. The fraction of sp³-hybridized carbons (Fsp3) is 0.286. The smallest absolute Gasteiger partial charge is 0.242 e. The molecular formula is C28H30Cl2N2O2. The summed E-state index contributed by atoms with van der Waals surface area (Å²) in [6, 6.07) is 22.5. The van der Waals surface area contributed by atoms with Crippen LogP contribution in [0.4, 0.5) is 0 Å². The number of carbonyl (C=O) groups excluding carboxylic acids is 2. The van der Waals surface area contributed by atoms with Crippen molar-refractivity contribution >= 4 is 35.0 Å². The highest BCUT2D eigenvalue weighted by Gasteiger charge is 2.30. The fourth-order valence-corrected chi connectivity index (χ4v) is 4.43. The Morgan fingerprint density at radius 2 is 1.47 bits per heavy atom. The number of hydrogen-bond acceptors (Lipinski definition) is 2. The number of amides is 2. The van der Waals surface area contributed by atoms with Gasteiger partial charge in [-0.25, -0.2) is 0 Å². The lowest BCUT2D eigenvalue weighted by atomic mass is 10.0. The van der Waals surface area contributed by atoms with Gasteiger partial charge in [-0.2, -0.15) is 0 Å². The van der Waals surface area contributed by atoms with Crippen molar-refractivity contribution in [2.75, 3.05) is 7.05 Å². The zero-order valence-corrected chi connectivity index (χ0v) is 21.1. The van der Waals surface area contributed by atoms with Crippen molar-refractivity contribution in [3.05, 3.63) is 105 Å². The summed E-state index contributed by atoms with van der Waals surface area (Å²) in [5.41, 5.74) is 3.94. The Bertz CT molecular complexity index is 1080. The van der Waals surface area contributed by atoms with Gasteiger partial charge in [-0.1, -0.05) is 90.8 Å². The second-order valence-corrected chi connectivity index (χ2v) is 9.03. The third-order valence-electron chi connectivity index (χ3n) is 5.97. The highest BCUT2D eigenvalue weighted by Crippen LogP contribution is 2.27. The molecule has 6 heteroatoms. The fourth-order valence-electron chi connectivity index (χ4n) is 3.91. The van der Waals surface area contributed by atoms with E-state index >= 15 is 0 Å². The molecule has 34 heavy (non-hydrogen) atoms. The van der Waals surface area contributed by atoms with Gasteiger partial charge in [0, 0.05) is 42.0 Å². The molecule has 0 heterocycles. The molecular weight excluding hydrogens is 467 g/mol. The van der Waals surface area contributed by atoms with E-state index in [1.165, 1.54) is 5.56 Å². The van der Waals surface area contributed by atoms with E-state index in [0.29, 0.717) is 28.5 Å². The van der Waals surface area contributed by atoms with Gasteiger partial charge < -0.3 is 10.2 Å². The summed E-state index contributed by atoms with van der Waals surface area (Å²) in [6.07, 6.45) is 2.22. The van der Waals surface area contributed by atoms with E-state index in [9.17, 15) is 9.59 Å². The van der Waals surface area contributed by atoms with E-state index in [0.717, 1.165) is 17.5 Å². The van der Waals surface area contributed by atoms with Gasteiger partial charge in [-0.3, -0.25) is 9.59 Å². The minimum absolute atomic E-state index is 0.125. The first-order chi connectivity index (χ1) is 16.4. The summed E-state index contributed by atoms with van der Waals surface area (Å²) in [5, 5.41) is 3.66. The van der Waals surface area contributed by atoms with Crippen molar-refractivity contribution < 1.29 is 9.59 Å². The molecule has 3 aromatic carbocycles. The Morgan fingerprint density at radius 3 is 2.06 bits per heavy atom. The Hall–Kier alpha value is -2.82. The predicted octanol–water partition coefficient (Wildman–Crippen LogP) is 5.87. The molecule has 4 nitrogen and oxygen atoms in total. The van der Waals surface area contributed by atoms with E-state index < -0.39 is 6.04 Å². The lowest BCUT2D eigenvalue weighted by Gasteiger charge is -2.32. The number of rotatable bonds is 10. The molecule has 0 unspecified atom stereocenters. The van der Waals surface area contributed by atoms with Crippen LogP contribution < -0.4 is 5.32 Å². The summed E-state index contributed by atoms with van der Waals surface area (Å²) in [7, 11) is 1.58. The maximum atomic E-state index is 13.6. The molecule has 0 saturated heterocycles. The van der Waals surface area contributed by atoms with E-state index in [2.05, 4.69) is 36.5 Å². The molecule has 178 valence electrons. The molecule has 0 aromatic heterocycles. The van der Waals surface area contributed by atoms with E-state index in [4.69, 9.17) is 23.2 Å². The summed E-state index contributed by atoms with van der Waals surface area (Å²) in [4.78, 5) is 28.2. The first-order valence-electron chi connectivity index (χ1n) is 11.5. The molecule has 3 rings (SSSR count). The maximum Gasteiger partial charge on any atom is 0.242 e. The van der Waals surface area contributed by atoms with Crippen LogP contribution in [0, 0.1) is 0 Å². The Kier molecular flexibility index (Phi) is 9.55. The van der Waals surface area contributed by atoms with Crippen LogP contribution in [0.3, 0.4) is 0 Å². The number of hydrogen-bond donors (Lipinski definition) is 1. The monoisotopic (exact) mass is 496 g/mol. The van der Waals surface area contributed by atoms with Crippen LogP contribution in [0.25, 0.3) is 0 Å². The van der Waals surface area contributed by atoms with Crippen LogP contribution >= 0.6 is 23.2 Å². The van der Waals surface area contributed by atoms with Gasteiger partial charge >= 0.3 is 0 Å². The largest absolute Gasteiger partial charge is 0.357 e. The molecule has 3 aromatic rings. The quantitative estimate of drug-likeness (QED) is 0.381. The van der Waals surface area contributed by atoms with Crippen molar-refractivity contribution in [2.24, 2.45) is 0 Å². The number of nitrogens with one attached hydrogen (secondary N) is 1. The van der Waals surface area contributed by atoms with Gasteiger partial charge in [0.2, 0.25) is 11.8 Å². The van der Waals surface area contributed by atoms with Crippen LogP contribution in [-0.2, 0) is 35.4 Å². The third kappa shape index (κ3) is 6.85. The van der Waals surface area contributed by atoms with Crippen LogP contribution in [0.2, 0.25) is 10.0 Å². The number of nitrogens with zero attached hydrogens (tertiary/aromatic N) is 1. The molecule has 0 saturated carbocycles. The molecule has 0 fully saturated rings. The summed E-state index contributed by atoms with van der Waals surface area (Å²) in [5.74, 6) is -0.354. The lowest BCUT2D eigenvalue weighted by molar-refractivity contribution is -0.141. The van der Waals surface area contributed by atoms with Gasteiger partial charge in [-0.05, 0) is 41.7 Å². The van der Waals surface area contributed by atoms with Gasteiger partial charge in [0.05, 0.1) is 0 Å². The van der Waals surface area contributed by atoms with Crippen LogP contribution in [0.15, 0.2) is 72.8 Å². The topological polar surface area (TPSA) is 49.4 Å². The maximum absolute atomic E-state index is 13.6. The Balaban J connectivity index is 1.90. The van der Waals surface area contributed by atoms with E-state index in [-0.39, 0.29) is 24.8 Å². The molecule has 0 spiro atoms. The normalized spacial score (nSPS) is 11.6. The van der Waals surface area contributed by atoms with E-state index in [1.54, 1.807) is 30.1 Å². The van der Waals surface area contributed by atoms with Gasteiger partial charge in [-0.15, -0.1) is 0 Å². The van der Waals surface area contributed by atoms with Gasteiger partial charge in [0.1, 0.15) is 6.04 Å². The number of carbonyl (C=O) groups is 2.